The maximum absolute atomic E-state index is 15.2. The maximum Gasteiger partial charge on any atom is 0.408 e. The Balaban J connectivity index is 1.48. The quantitative estimate of drug-likeness (QED) is 0.226. The average molecular weight is 596 g/mol. The number of fused-ring (bicyclic) bond motifs is 3. The zero-order valence-electron chi connectivity index (χ0n) is 26.2. The van der Waals surface area contributed by atoms with Crippen LogP contribution >= 0.6 is 0 Å². The molecule has 0 spiro atoms. The van der Waals surface area contributed by atoms with Crippen LogP contribution in [-0.4, -0.2) is 42.0 Å². The molecule has 0 aliphatic heterocycles. The fourth-order valence-electron chi connectivity index (χ4n) is 6.07. The summed E-state index contributed by atoms with van der Waals surface area (Å²) < 4.78 is 22.5. The molecule has 3 heterocycles. The Hall–Kier alpha value is -4.37. The maximum atomic E-state index is 15.2. The minimum Gasteiger partial charge on any atom is -0.444 e. The van der Waals surface area contributed by atoms with E-state index in [1.165, 1.54) is 6.07 Å². The highest BCUT2D eigenvalue weighted by Gasteiger charge is 2.53. The van der Waals surface area contributed by atoms with Crippen molar-refractivity contribution >= 4 is 22.8 Å². The van der Waals surface area contributed by atoms with Gasteiger partial charge in [0.2, 0.25) is 0 Å². The van der Waals surface area contributed by atoms with Gasteiger partial charge >= 0.3 is 6.09 Å². The molecule has 44 heavy (non-hydrogen) atoms. The lowest BCUT2D eigenvalue weighted by Crippen LogP contribution is -2.62. The number of aromatic nitrogens is 4. The zero-order valence-corrected chi connectivity index (χ0v) is 26.2. The van der Waals surface area contributed by atoms with Crippen LogP contribution in [0.5, 0.6) is 0 Å². The van der Waals surface area contributed by atoms with Gasteiger partial charge in [-0.15, -0.1) is 0 Å². The Labute approximate surface area is 256 Å². The fourth-order valence-corrected chi connectivity index (χ4v) is 6.07. The number of benzene rings is 2. The number of halogens is 1. The van der Waals surface area contributed by atoms with Crippen LogP contribution in [-0.2, 0) is 15.7 Å². The van der Waals surface area contributed by atoms with Gasteiger partial charge in [-0.2, -0.15) is 9.61 Å². The number of alkyl carbamates (subject to hydrolysis) is 1. The molecule has 8 nitrogen and oxygen atoms in total. The second-order valence-corrected chi connectivity index (χ2v) is 14.2. The highest BCUT2D eigenvalue weighted by atomic mass is 19.1. The smallest absolute Gasteiger partial charge is 0.408 e. The minimum absolute atomic E-state index is 0.179. The second-order valence-electron chi connectivity index (χ2n) is 14.2. The molecule has 0 atom stereocenters. The zero-order chi connectivity index (χ0) is 31.7. The third-order valence-electron chi connectivity index (χ3n) is 8.01. The molecule has 3 aromatic heterocycles. The van der Waals surface area contributed by atoms with E-state index in [-0.39, 0.29) is 11.2 Å². The first-order chi connectivity index (χ1) is 20.5. The van der Waals surface area contributed by atoms with E-state index < -0.39 is 22.8 Å². The lowest BCUT2D eigenvalue weighted by Gasteiger charge is -2.52. The van der Waals surface area contributed by atoms with Crippen molar-refractivity contribution in [3.63, 3.8) is 0 Å². The number of ether oxygens (including phenoxy) is 1. The van der Waals surface area contributed by atoms with Crippen LogP contribution in [0.15, 0.2) is 66.9 Å². The number of carbonyl (C=O) groups is 1. The highest BCUT2D eigenvalue weighted by molar-refractivity contribution is 5.91. The van der Waals surface area contributed by atoms with Gasteiger partial charge in [-0.3, -0.25) is 0 Å². The van der Waals surface area contributed by atoms with E-state index in [0.717, 1.165) is 22.2 Å². The van der Waals surface area contributed by atoms with Crippen molar-refractivity contribution < 1.29 is 19.0 Å². The van der Waals surface area contributed by atoms with E-state index in [1.807, 2.05) is 57.2 Å². The van der Waals surface area contributed by atoms with Crippen molar-refractivity contribution in [1.82, 2.24) is 24.9 Å². The van der Waals surface area contributed by atoms with E-state index >= 15 is 4.39 Å². The number of amides is 1. The Morgan fingerprint density at radius 3 is 2.30 bits per heavy atom. The Morgan fingerprint density at radius 1 is 1.00 bits per heavy atom. The lowest BCUT2D eigenvalue weighted by molar-refractivity contribution is -0.0892. The molecule has 228 valence electrons. The van der Waals surface area contributed by atoms with Crippen LogP contribution in [0.1, 0.15) is 72.6 Å². The van der Waals surface area contributed by atoms with Crippen molar-refractivity contribution in [2.45, 2.75) is 83.5 Å². The average Bonchev–Trinajstić information content (AvgIpc) is 3.36. The third-order valence-corrected chi connectivity index (χ3v) is 8.01. The van der Waals surface area contributed by atoms with Gasteiger partial charge in [-0.05, 0) is 45.4 Å². The van der Waals surface area contributed by atoms with Gasteiger partial charge < -0.3 is 15.2 Å². The normalized spacial score (nSPS) is 20.5. The molecule has 1 fully saturated rings. The first-order valence-corrected chi connectivity index (χ1v) is 14.8. The van der Waals surface area contributed by atoms with Crippen molar-refractivity contribution in [3.8, 4) is 22.4 Å². The molecule has 1 saturated carbocycles. The van der Waals surface area contributed by atoms with Crippen LogP contribution in [0, 0.1) is 5.82 Å². The van der Waals surface area contributed by atoms with Gasteiger partial charge in [0.25, 0.3) is 0 Å². The van der Waals surface area contributed by atoms with Gasteiger partial charge in [0.05, 0.1) is 22.5 Å². The number of nitrogens with one attached hydrogen (secondary N) is 1. The molecule has 0 saturated heterocycles. The summed E-state index contributed by atoms with van der Waals surface area (Å²) in [6, 6.07) is 18.2. The summed E-state index contributed by atoms with van der Waals surface area (Å²) in [6.07, 6.45) is 1.89. The van der Waals surface area contributed by atoms with Crippen LogP contribution in [0.25, 0.3) is 39.1 Å². The molecule has 1 aliphatic carbocycles. The fraction of sp³-hybridized carbons (Fsp3) is 0.371. The number of aliphatic hydroxyl groups is 1. The van der Waals surface area contributed by atoms with Crippen molar-refractivity contribution in [2.24, 2.45) is 0 Å². The summed E-state index contributed by atoms with van der Waals surface area (Å²) in [7, 11) is 0. The monoisotopic (exact) mass is 595 g/mol. The van der Waals surface area contributed by atoms with Crippen LogP contribution in [0.2, 0.25) is 0 Å². The second kappa shape index (κ2) is 10.1. The van der Waals surface area contributed by atoms with Gasteiger partial charge in [0.1, 0.15) is 11.4 Å². The van der Waals surface area contributed by atoms with Crippen LogP contribution < -0.4 is 5.32 Å². The molecule has 5 aromatic rings. The molecule has 2 N–H and O–H groups in total. The predicted molar refractivity (Wildman–Crippen MR) is 169 cm³/mol. The molecular formula is C35H38FN5O3. The number of nitrogens with zero attached hydrogens (tertiary/aromatic N) is 4. The van der Waals surface area contributed by atoms with E-state index in [4.69, 9.17) is 14.8 Å². The summed E-state index contributed by atoms with van der Waals surface area (Å²) in [5.41, 5.74) is 2.89. The standard InChI is InChI=1S/C35H38FN5O3/c1-32(2,3)27-17-28-37-18-22-16-25(24-10-8-9-11-26(24)36)29(38-30(22)41(28)40-27)21-12-14-23(15-13-21)35(19-34(7,43)20-35)39-31(42)44-33(4,5)6/h8-18,43H,19-20H2,1-7H3,(H,39,42). The molecule has 1 aliphatic rings. The predicted octanol–water partition coefficient (Wildman–Crippen LogP) is 7.31. The molecular weight excluding hydrogens is 557 g/mol. The minimum atomic E-state index is -0.916. The van der Waals surface area contributed by atoms with Crippen LogP contribution in [0.4, 0.5) is 9.18 Å². The SMILES string of the molecule is CC1(O)CC(NC(=O)OC(C)(C)C)(c2ccc(-c3nc4c(cnc5cc(C(C)(C)C)nn54)cc3-c3ccccc3F)cc2)C1. The van der Waals surface area contributed by atoms with E-state index in [9.17, 15) is 9.90 Å². The molecule has 0 radical (unpaired) electrons. The topological polar surface area (TPSA) is 102 Å². The first-order valence-electron chi connectivity index (χ1n) is 14.8. The Kier molecular flexibility index (Phi) is 6.81. The van der Waals surface area contributed by atoms with Gasteiger partial charge in [-0.25, -0.2) is 19.2 Å². The summed E-state index contributed by atoms with van der Waals surface area (Å²) in [5, 5.41) is 19.3. The van der Waals surface area contributed by atoms with E-state index in [2.05, 4.69) is 31.1 Å². The van der Waals surface area contributed by atoms with Gasteiger partial charge in [0, 0.05) is 52.6 Å². The van der Waals surface area contributed by atoms with E-state index in [1.54, 1.807) is 35.8 Å². The van der Waals surface area contributed by atoms with Crippen molar-refractivity contribution in [3.05, 3.63) is 83.9 Å². The summed E-state index contributed by atoms with van der Waals surface area (Å²) in [6.45, 7) is 13.5. The number of carbonyl (C=O) groups excluding carboxylic acids is 1. The van der Waals surface area contributed by atoms with Crippen molar-refractivity contribution in [2.75, 3.05) is 0 Å². The molecule has 0 unspecified atom stereocenters. The molecule has 1 amide bonds. The summed E-state index contributed by atoms with van der Waals surface area (Å²) in [5.74, 6) is -0.355. The molecule has 2 aromatic carbocycles. The Bertz CT molecular complexity index is 1890. The van der Waals surface area contributed by atoms with Crippen LogP contribution in [0.3, 0.4) is 0 Å². The number of rotatable bonds is 4. The van der Waals surface area contributed by atoms with Gasteiger partial charge in [-0.1, -0.05) is 63.2 Å². The Morgan fingerprint density at radius 2 is 1.68 bits per heavy atom. The van der Waals surface area contributed by atoms with E-state index in [0.29, 0.717) is 41.0 Å². The highest BCUT2D eigenvalue weighted by Crippen LogP contribution is 2.49. The number of pyridine rings is 1. The summed E-state index contributed by atoms with van der Waals surface area (Å²) in [4.78, 5) is 22.5. The summed E-state index contributed by atoms with van der Waals surface area (Å²) >= 11 is 0. The molecule has 0 bridgehead atoms. The lowest BCUT2D eigenvalue weighted by atomic mass is 9.62. The number of hydrogen-bond acceptors (Lipinski definition) is 6. The van der Waals surface area contributed by atoms with Gasteiger partial charge in [0.15, 0.2) is 11.3 Å². The first kappa shape index (κ1) is 29.7. The number of hydrogen-bond donors (Lipinski definition) is 2. The largest absolute Gasteiger partial charge is 0.444 e. The third kappa shape index (κ3) is 5.52. The molecule has 9 heteroatoms. The van der Waals surface area contributed by atoms with Crippen molar-refractivity contribution in [1.29, 1.82) is 0 Å². The molecule has 6 rings (SSSR count).